The Balaban J connectivity index is 1.76. The lowest BCUT2D eigenvalue weighted by Gasteiger charge is -2.37. The number of aryl methyl sites for hydroxylation is 1. The maximum absolute atomic E-state index is 13.6. The van der Waals surface area contributed by atoms with E-state index in [1.165, 1.54) is 38.5 Å². The highest BCUT2D eigenvalue weighted by molar-refractivity contribution is 9.10. The third-order valence-electron chi connectivity index (χ3n) is 5.04. The Bertz CT molecular complexity index is 500. The fraction of sp³-hybridized carbons (Fsp3) is 0.647. The molecule has 1 aliphatic heterocycles. The first-order valence-electron chi connectivity index (χ1n) is 8.10. The lowest BCUT2D eigenvalue weighted by atomic mass is 9.79. The van der Waals surface area contributed by atoms with Gasteiger partial charge in [-0.05, 0) is 78.7 Å². The molecule has 1 saturated heterocycles. The van der Waals surface area contributed by atoms with Gasteiger partial charge in [0, 0.05) is 17.8 Å². The zero-order chi connectivity index (χ0) is 14.8. The fourth-order valence-corrected chi connectivity index (χ4v) is 4.24. The lowest BCUT2D eigenvalue weighted by molar-refractivity contribution is 0.262. The van der Waals surface area contributed by atoms with E-state index < -0.39 is 0 Å². The highest BCUT2D eigenvalue weighted by atomic mass is 79.9. The molecule has 1 aromatic rings. The summed E-state index contributed by atoms with van der Waals surface area (Å²) in [5, 5.41) is 7.38. The van der Waals surface area contributed by atoms with E-state index in [0.717, 1.165) is 17.8 Å². The average molecular weight is 355 g/mol. The van der Waals surface area contributed by atoms with E-state index in [1.807, 2.05) is 13.0 Å². The Morgan fingerprint density at radius 3 is 2.76 bits per heavy atom. The number of nitrogens with one attached hydrogen (secondary N) is 2. The van der Waals surface area contributed by atoms with Crippen molar-refractivity contribution < 1.29 is 4.39 Å². The number of hydrogen-bond donors (Lipinski definition) is 2. The summed E-state index contributed by atoms with van der Waals surface area (Å²) in [7, 11) is 0. The van der Waals surface area contributed by atoms with Crippen molar-refractivity contribution in [1.82, 2.24) is 5.32 Å². The zero-order valence-electron chi connectivity index (χ0n) is 12.6. The molecular formula is C17H24BrFN2. The molecule has 0 aromatic heterocycles. The van der Waals surface area contributed by atoms with Gasteiger partial charge >= 0.3 is 0 Å². The van der Waals surface area contributed by atoms with Crippen LogP contribution in [0.3, 0.4) is 0 Å². The summed E-state index contributed by atoms with van der Waals surface area (Å²) in [5.41, 5.74) is 2.05. The van der Waals surface area contributed by atoms with Crippen LogP contribution in [0.2, 0.25) is 0 Å². The van der Waals surface area contributed by atoms with Crippen LogP contribution in [0, 0.1) is 18.7 Å². The summed E-state index contributed by atoms with van der Waals surface area (Å²) < 4.78 is 14.1. The minimum atomic E-state index is -0.185. The summed E-state index contributed by atoms with van der Waals surface area (Å²) in [5.74, 6) is 0.514. The first-order valence-corrected chi connectivity index (χ1v) is 8.90. The van der Waals surface area contributed by atoms with Crippen LogP contribution in [0.25, 0.3) is 0 Å². The van der Waals surface area contributed by atoms with Crippen LogP contribution >= 0.6 is 15.9 Å². The number of halogens is 2. The average Bonchev–Trinajstić information content (AvgIpc) is 2.99. The molecular weight excluding hydrogens is 331 g/mol. The third kappa shape index (κ3) is 3.42. The second-order valence-electron chi connectivity index (χ2n) is 6.48. The monoisotopic (exact) mass is 354 g/mol. The van der Waals surface area contributed by atoms with E-state index in [2.05, 4.69) is 26.6 Å². The number of hydrogen-bond acceptors (Lipinski definition) is 2. The van der Waals surface area contributed by atoms with Crippen LogP contribution in [-0.2, 0) is 0 Å². The van der Waals surface area contributed by atoms with Gasteiger partial charge in [0.25, 0.3) is 0 Å². The number of anilines is 1. The second-order valence-corrected chi connectivity index (χ2v) is 7.34. The van der Waals surface area contributed by atoms with Crippen molar-refractivity contribution in [3.63, 3.8) is 0 Å². The predicted octanol–water partition coefficient (Wildman–Crippen LogP) is 4.62. The predicted molar refractivity (Wildman–Crippen MR) is 89.2 cm³/mol. The topological polar surface area (TPSA) is 24.1 Å². The van der Waals surface area contributed by atoms with E-state index in [1.54, 1.807) is 6.07 Å². The van der Waals surface area contributed by atoms with Crippen molar-refractivity contribution in [2.75, 3.05) is 11.9 Å². The molecule has 0 spiro atoms. The van der Waals surface area contributed by atoms with Crippen LogP contribution in [0.5, 0.6) is 0 Å². The van der Waals surface area contributed by atoms with Crippen LogP contribution < -0.4 is 10.6 Å². The summed E-state index contributed by atoms with van der Waals surface area (Å²) in [6.07, 6.45) is 7.76. The maximum Gasteiger partial charge on any atom is 0.137 e. The molecule has 0 bridgehead atoms. The van der Waals surface area contributed by atoms with E-state index >= 15 is 0 Å². The van der Waals surface area contributed by atoms with Gasteiger partial charge in [0.2, 0.25) is 0 Å². The molecule has 1 aromatic carbocycles. The fourth-order valence-electron chi connectivity index (χ4n) is 3.90. The zero-order valence-corrected chi connectivity index (χ0v) is 14.2. The Morgan fingerprint density at radius 2 is 2.00 bits per heavy atom. The number of rotatable bonds is 3. The summed E-state index contributed by atoms with van der Waals surface area (Å²) in [4.78, 5) is 0. The highest BCUT2D eigenvalue weighted by Crippen LogP contribution is 2.34. The molecule has 21 heavy (non-hydrogen) atoms. The first kappa shape index (κ1) is 15.3. The normalized spacial score (nSPS) is 29.6. The Labute approximate surface area is 135 Å². The molecule has 1 saturated carbocycles. The van der Waals surface area contributed by atoms with Crippen molar-refractivity contribution in [3.05, 3.63) is 28.0 Å². The molecule has 2 aliphatic rings. The van der Waals surface area contributed by atoms with E-state index in [9.17, 15) is 4.39 Å². The molecule has 2 N–H and O–H groups in total. The summed E-state index contributed by atoms with van der Waals surface area (Å²) in [6, 6.07) is 4.66. The number of benzene rings is 1. The van der Waals surface area contributed by atoms with Crippen molar-refractivity contribution in [3.8, 4) is 0 Å². The van der Waals surface area contributed by atoms with Crippen molar-refractivity contribution in [2.45, 2.75) is 57.5 Å². The van der Waals surface area contributed by atoms with Gasteiger partial charge in [-0.25, -0.2) is 4.39 Å². The van der Waals surface area contributed by atoms with Crippen LogP contribution in [0.4, 0.5) is 10.1 Å². The first-order chi connectivity index (χ1) is 10.1. The third-order valence-corrected chi connectivity index (χ3v) is 5.65. The van der Waals surface area contributed by atoms with Crippen molar-refractivity contribution >= 4 is 21.6 Å². The van der Waals surface area contributed by atoms with Gasteiger partial charge in [0.1, 0.15) is 5.82 Å². The molecule has 1 aliphatic carbocycles. The van der Waals surface area contributed by atoms with Gasteiger partial charge in [0.15, 0.2) is 0 Å². The van der Waals surface area contributed by atoms with Gasteiger partial charge in [-0.3, -0.25) is 0 Å². The second kappa shape index (κ2) is 6.66. The van der Waals surface area contributed by atoms with Gasteiger partial charge in [-0.2, -0.15) is 0 Å². The molecule has 116 valence electrons. The SMILES string of the molecule is Cc1cc(F)c(Br)cc1NC1CCCCC1C1CCCN1. The lowest BCUT2D eigenvalue weighted by Crippen LogP contribution is -2.43. The van der Waals surface area contributed by atoms with Gasteiger partial charge in [0.05, 0.1) is 4.47 Å². The Morgan fingerprint density at radius 1 is 1.19 bits per heavy atom. The van der Waals surface area contributed by atoms with Gasteiger partial charge < -0.3 is 10.6 Å². The molecule has 3 rings (SSSR count). The van der Waals surface area contributed by atoms with Gasteiger partial charge in [-0.1, -0.05) is 12.8 Å². The van der Waals surface area contributed by atoms with Crippen molar-refractivity contribution in [2.24, 2.45) is 5.92 Å². The van der Waals surface area contributed by atoms with E-state index in [4.69, 9.17) is 0 Å². The minimum absolute atomic E-state index is 0.185. The van der Waals surface area contributed by atoms with Crippen LogP contribution in [0.1, 0.15) is 44.1 Å². The van der Waals surface area contributed by atoms with E-state index in [-0.39, 0.29) is 5.82 Å². The maximum atomic E-state index is 13.6. The minimum Gasteiger partial charge on any atom is -0.382 e. The molecule has 2 fully saturated rings. The standard InChI is InChI=1S/C17H24BrFN2/c1-11-9-14(19)13(18)10-17(11)21-16-6-3-2-5-12(16)15-7-4-8-20-15/h9-10,12,15-16,20-21H,2-8H2,1H3. The summed E-state index contributed by atoms with van der Waals surface area (Å²) >= 11 is 3.30. The molecule has 4 heteroatoms. The van der Waals surface area contributed by atoms with Crippen molar-refractivity contribution in [1.29, 1.82) is 0 Å². The van der Waals surface area contributed by atoms with Crippen LogP contribution in [0.15, 0.2) is 16.6 Å². The summed E-state index contributed by atoms with van der Waals surface area (Å²) in [6.45, 7) is 3.14. The molecule has 0 amide bonds. The van der Waals surface area contributed by atoms with Gasteiger partial charge in [-0.15, -0.1) is 0 Å². The quantitative estimate of drug-likeness (QED) is 0.827. The smallest absolute Gasteiger partial charge is 0.137 e. The molecule has 3 unspecified atom stereocenters. The largest absolute Gasteiger partial charge is 0.382 e. The Hall–Kier alpha value is -0.610. The Kier molecular flexibility index (Phi) is 4.85. The molecule has 0 radical (unpaired) electrons. The van der Waals surface area contributed by atoms with Crippen LogP contribution in [-0.4, -0.2) is 18.6 Å². The molecule has 2 nitrogen and oxygen atoms in total. The van der Waals surface area contributed by atoms with E-state index in [0.29, 0.717) is 22.5 Å². The molecule has 1 heterocycles. The molecule has 3 atom stereocenters. The highest BCUT2D eigenvalue weighted by Gasteiger charge is 2.33.